The van der Waals surface area contributed by atoms with Crippen LogP contribution in [-0.4, -0.2) is 32.3 Å². The molecular weight excluding hydrogens is 231 g/mol. The van der Waals surface area contributed by atoms with E-state index in [9.17, 15) is 4.39 Å². The number of halogens is 1. The summed E-state index contributed by atoms with van der Waals surface area (Å²) < 4.78 is 18.4. The zero-order valence-electron chi connectivity index (χ0n) is 11.2. The Kier molecular flexibility index (Phi) is 6.68. The normalized spacial score (nSPS) is 12.4. The highest BCUT2D eigenvalue weighted by atomic mass is 19.1. The molecule has 3 nitrogen and oxygen atoms in total. The van der Waals surface area contributed by atoms with Crippen LogP contribution in [-0.2, 0) is 4.74 Å². The first-order valence-electron chi connectivity index (χ1n) is 6.53. The summed E-state index contributed by atoms with van der Waals surface area (Å²) in [6.07, 6.45) is 0.986. The van der Waals surface area contributed by atoms with Gasteiger partial charge in [0.05, 0.1) is 6.10 Å². The number of rotatable bonds is 8. The lowest BCUT2D eigenvalue weighted by Gasteiger charge is -2.25. The van der Waals surface area contributed by atoms with Crippen molar-refractivity contribution in [2.75, 3.05) is 31.1 Å². The maximum atomic E-state index is 12.9. The van der Waals surface area contributed by atoms with Crippen LogP contribution in [0.15, 0.2) is 24.3 Å². The van der Waals surface area contributed by atoms with Gasteiger partial charge in [0, 0.05) is 31.9 Å². The van der Waals surface area contributed by atoms with Crippen LogP contribution in [0.3, 0.4) is 0 Å². The van der Waals surface area contributed by atoms with Crippen LogP contribution in [0, 0.1) is 5.82 Å². The first-order valence-corrected chi connectivity index (χ1v) is 6.53. The summed E-state index contributed by atoms with van der Waals surface area (Å²) in [7, 11) is 0. The molecule has 0 fully saturated rings. The van der Waals surface area contributed by atoms with Gasteiger partial charge in [0.25, 0.3) is 0 Å². The molecule has 0 saturated carbocycles. The topological polar surface area (TPSA) is 38.5 Å². The molecule has 18 heavy (non-hydrogen) atoms. The van der Waals surface area contributed by atoms with E-state index in [2.05, 4.69) is 11.8 Å². The first kappa shape index (κ1) is 14.9. The van der Waals surface area contributed by atoms with Crippen LogP contribution in [0.5, 0.6) is 0 Å². The van der Waals surface area contributed by atoms with Gasteiger partial charge >= 0.3 is 0 Å². The van der Waals surface area contributed by atoms with Crippen LogP contribution in [0.4, 0.5) is 10.1 Å². The fraction of sp³-hybridized carbons (Fsp3) is 0.571. The Morgan fingerprint density at radius 1 is 1.28 bits per heavy atom. The standard InChI is InChI=1S/C14H23FN2O/c1-3-17(10-9-14(11-16)18-4-2)13-7-5-12(15)6-8-13/h5-8,14H,3-4,9-11,16H2,1-2H3. The van der Waals surface area contributed by atoms with E-state index < -0.39 is 0 Å². The minimum Gasteiger partial charge on any atom is -0.377 e. The maximum Gasteiger partial charge on any atom is 0.123 e. The van der Waals surface area contributed by atoms with E-state index in [0.29, 0.717) is 13.2 Å². The summed E-state index contributed by atoms with van der Waals surface area (Å²) in [5.41, 5.74) is 6.69. The number of nitrogens with zero attached hydrogens (tertiary/aromatic N) is 1. The van der Waals surface area contributed by atoms with Crippen LogP contribution in [0.1, 0.15) is 20.3 Å². The van der Waals surface area contributed by atoms with Crippen LogP contribution in [0.25, 0.3) is 0 Å². The predicted octanol–water partition coefficient (Wildman–Crippen LogP) is 2.41. The van der Waals surface area contributed by atoms with Gasteiger partial charge in [-0.05, 0) is 44.5 Å². The van der Waals surface area contributed by atoms with Crippen molar-refractivity contribution < 1.29 is 9.13 Å². The van der Waals surface area contributed by atoms with Crippen LogP contribution in [0.2, 0.25) is 0 Å². The van der Waals surface area contributed by atoms with Crippen molar-refractivity contribution >= 4 is 5.69 Å². The van der Waals surface area contributed by atoms with Crippen LogP contribution < -0.4 is 10.6 Å². The van der Waals surface area contributed by atoms with E-state index in [-0.39, 0.29) is 11.9 Å². The summed E-state index contributed by atoms with van der Waals surface area (Å²) in [4.78, 5) is 2.20. The smallest absolute Gasteiger partial charge is 0.123 e. The third-order valence-electron chi connectivity index (χ3n) is 2.96. The molecule has 0 bridgehead atoms. The molecule has 0 heterocycles. The molecule has 1 aromatic carbocycles. The number of anilines is 1. The molecule has 0 spiro atoms. The summed E-state index contributed by atoms with van der Waals surface area (Å²) in [6, 6.07) is 6.58. The lowest BCUT2D eigenvalue weighted by atomic mass is 10.2. The second-order valence-electron chi connectivity index (χ2n) is 4.16. The second kappa shape index (κ2) is 8.06. The number of hydrogen-bond acceptors (Lipinski definition) is 3. The summed E-state index contributed by atoms with van der Waals surface area (Å²) in [6.45, 7) is 7.03. The molecule has 0 aliphatic rings. The van der Waals surface area contributed by atoms with Gasteiger partial charge < -0.3 is 15.4 Å². The molecule has 0 amide bonds. The summed E-state index contributed by atoms with van der Waals surface area (Å²) in [5.74, 6) is -0.205. The van der Waals surface area contributed by atoms with Gasteiger partial charge in [0.15, 0.2) is 0 Å². The SMILES string of the molecule is CCOC(CN)CCN(CC)c1ccc(F)cc1. The monoisotopic (exact) mass is 254 g/mol. The molecule has 1 atom stereocenters. The number of nitrogens with two attached hydrogens (primary N) is 1. The van der Waals surface area contributed by atoms with Gasteiger partial charge in [0.1, 0.15) is 5.82 Å². The van der Waals surface area contributed by atoms with Crippen molar-refractivity contribution in [1.82, 2.24) is 0 Å². The zero-order valence-corrected chi connectivity index (χ0v) is 11.2. The van der Waals surface area contributed by atoms with Crippen molar-refractivity contribution in [3.05, 3.63) is 30.1 Å². The Balaban J connectivity index is 2.53. The summed E-state index contributed by atoms with van der Waals surface area (Å²) in [5, 5.41) is 0. The first-order chi connectivity index (χ1) is 8.71. The zero-order chi connectivity index (χ0) is 13.4. The van der Waals surface area contributed by atoms with Gasteiger partial charge in [-0.1, -0.05) is 0 Å². The molecule has 102 valence electrons. The molecule has 0 aliphatic carbocycles. The highest BCUT2D eigenvalue weighted by Crippen LogP contribution is 2.15. The Hall–Kier alpha value is -1.13. The predicted molar refractivity (Wildman–Crippen MR) is 73.4 cm³/mol. The average molecular weight is 254 g/mol. The van der Waals surface area contributed by atoms with Crippen molar-refractivity contribution in [2.45, 2.75) is 26.4 Å². The molecule has 4 heteroatoms. The quantitative estimate of drug-likeness (QED) is 0.774. The Morgan fingerprint density at radius 3 is 2.44 bits per heavy atom. The fourth-order valence-corrected chi connectivity index (χ4v) is 1.93. The molecule has 0 saturated heterocycles. The van der Waals surface area contributed by atoms with Gasteiger partial charge in [0.2, 0.25) is 0 Å². The van der Waals surface area contributed by atoms with E-state index in [1.807, 2.05) is 6.92 Å². The van der Waals surface area contributed by atoms with Gasteiger partial charge in [-0.2, -0.15) is 0 Å². The highest BCUT2D eigenvalue weighted by Gasteiger charge is 2.10. The van der Waals surface area contributed by atoms with Crippen molar-refractivity contribution in [1.29, 1.82) is 0 Å². The lowest BCUT2D eigenvalue weighted by Crippen LogP contribution is -2.31. The minimum absolute atomic E-state index is 0.101. The largest absolute Gasteiger partial charge is 0.377 e. The van der Waals surface area contributed by atoms with E-state index in [4.69, 9.17) is 10.5 Å². The van der Waals surface area contributed by atoms with Gasteiger partial charge in [-0.25, -0.2) is 4.39 Å². The Labute approximate surface area is 109 Å². The molecule has 1 unspecified atom stereocenters. The average Bonchev–Trinajstić information content (AvgIpc) is 2.40. The Bertz CT molecular complexity index is 329. The third kappa shape index (κ3) is 4.63. The van der Waals surface area contributed by atoms with Gasteiger partial charge in [-0.15, -0.1) is 0 Å². The maximum absolute atomic E-state index is 12.9. The van der Waals surface area contributed by atoms with E-state index in [1.54, 1.807) is 12.1 Å². The molecule has 2 N–H and O–H groups in total. The second-order valence-corrected chi connectivity index (χ2v) is 4.16. The van der Waals surface area contributed by atoms with Crippen molar-refractivity contribution in [2.24, 2.45) is 5.73 Å². The van der Waals surface area contributed by atoms with E-state index in [1.165, 1.54) is 12.1 Å². The van der Waals surface area contributed by atoms with Crippen molar-refractivity contribution in [3.63, 3.8) is 0 Å². The van der Waals surface area contributed by atoms with E-state index >= 15 is 0 Å². The number of benzene rings is 1. The lowest BCUT2D eigenvalue weighted by molar-refractivity contribution is 0.0644. The molecule has 1 aromatic rings. The molecule has 0 aliphatic heterocycles. The fourth-order valence-electron chi connectivity index (χ4n) is 1.93. The third-order valence-corrected chi connectivity index (χ3v) is 2.96. The Morgan fingerprint density at radius 2 is 1.94 bits per heavy atom. The number of ether oxygens (including phenoxy) is 1. The van der Waals surface area contributed by atoms with Gasteiger partial charge in [-0.3, -0.25) is 0 Å². The van der Waals surface area contributed by atoms with Crippen molar-refractivity contribution in [3.8, 4) is 0 Å². The van der Waals surface area contributed by atoms with Crippen LogP contribution >= 0.6 is 0 Å². The summed E-state index contributed by atoms with van der Waals surface area (Å²) >= 11 is 0. The molecule has 0 radical (unpaired) electrons. The molecular formula is C14H23FN2O. The molecule has 0 aromatic heterocycles. The van der Waals surface area contributed by atoms with E-state index in [0.717, 1.165) is 25.2 Å². The number of hydrogen-bond donors (Lipinski definition) is 1. The highest BCUT2D eigenvalue weighted by molar-refractivity contribution is 5.45. The minimum atomic E-state index is -0.205. The molecule has 1 rings (SSSR count).